The Labute approximate surface area is 198 Å². The molecule has 0 radical (unpaired) electrons. The Morgan fingerprint density at radius 1 is 1.16 bits per heavy atom. The maximum atomic E-state index is 13.6. The highest BCUT2D eigenvalue weighted by molar-refractivity contribution is 6.27. The SMILES string of the molecule is CCCCN(C(=O)CCl)[C@H](C(=O)NC1CCC(C)CC1)c1ccc(OCCC)c(OC)c1. The van der Waals surface area contributed by atoms with Gasteiger partial charge >= 0.3 is 0 Å². The normalized spacial score (nSPS) is 19.2. The number of ether oxygens (including phenoxy) is 2. The highest BCUT2D eigenvalue weighted by atomic mass is 35.5. The second-order valence-electron chi connectivity index (χ2n) is 8.70. The average molecular weight is 467 g/mol. The van der Waals surface area contributed by atoms with E-state index in [1.165, 1.54) is 0 Å². The topological polar surface area (TPSA) is 67.9 Å². The van der Waals surface area contributed by atoms with E-state index in [-0.39, 0.29) is 23.7 Å². The molecule has 1 fully saturated rings. The molecule has 0 unspecified atom stereocenters. The number of amides is 2. The number of unbranched alkanes of at least 4 members (excludes halogenated alkanes) is 1. The number of alkyl halides is 1. The fraction of sp³-hybridized carbons (Fsp3) is 0.680. The van der Waals surface area contributed by atoms with Crippen molar-refractivity contribution in [2.45, 2.75) is 77.8 Å². The van der Waals surface area contributed by atoms with Crippen LogP contribution in [-0.4, -0.2) is 48.9 Å². The molecule has 0 aliphatic heterocycles. The first-order valence-corrected chi connectivity index (χ1v) is 12.4. The number of methoxy groups -OCH3 is 1. The second-order valence-corrected chi connectivity index (χ2v) is 8.97. The van der Waals surface area contributed by atoms with Crippen LogP contribution < -0.4 is 14.8 Å². The minimum absolute atomic E-state index is 0.134. The molecule has 0 heterocycles. The van der Waals surface area contributed by atoms with Gasteiger partial charge in [0, 0.05) is 12.6 Å². The number of rotatable bonds is 12. The van der Waals surface area contributed by atoms with E-state index >= 15 is 0 Å². The van der Waals surface area contributed by atoms with Crippen molar-refractivity contribution in [1.29, 1.82) is 0 Å². The smallest absolute Gasteiger partial charge is 0.247 e. The van der Waals surface area contributed by atoms with Gasteiger partial charge in [-0.15, -0.1) is 11.6 Å². The van der Waals surface area contributed by atoms with Crippen LogP contribution in [0.4, 0.5) is 0 Å². The van der Waals surface area contributed by atoms with Gasteiger partial charge in [-0.05, 0) is 62.1 Å². The van der Waals surface area contributed by atoms with Crippen molar-refractivity contribution in [3.8, 4) is 11.5 Å². The van der Waals surface area contributed by atoms with Gasteiger partial charge in [-0.2, -0.15) is 0 Å². The van der Waals surface area contributed by atoms with E-state index in [4.69, 9.17) is 21.1 Å². The second kappa shape index (κ2) is 13.6. The summed E-state index contributed by atoms with van der Waals surface area (Å²) >= 11 is 5.94. The van der Waals surface area contributed by atoms with Crippen LogP contribution in [0, 0.1) is 5.92 Å². The fourth-order valence-electron chi connectivity index (χ4n) is 4.15. The Bertz CT molecular complexity index is 735. The van der Waals surface area contributed by atoms with Crippen molar-refractivity contribution >= 4 is 23.4 Å². The molecule has 6 nitrogen and oxygen atoms in total. The third-order valence-corrected chi connectivity index (χ3v) is 6.30. The molecule has 1 aliphatic rings. The van der Waals surface area contributed by atoms with Gasteiger partial charge in [-0.1, -0.05) is 33.3 Å². The Morgan fingerprint density at radius 3 is 2.47 bits per heavy atom. The summed E-state index contributed by atoms with van der Waals surface area (Å²) in [6.07, 6.45) is 6.72. The van der Waals surface area contributed by atoms with Crippen LogP contribution in [-0.2, 0) is 9.59 Å². The first-order valence-electron chi connectivity index (χ1n) is 11.9. The summed E-state index contributed by atoms with van der Waals surface area (Å²) in [5.74, 6) is 1.30. The Balaban J connectivity index is 2.37. The lowest BCUT2D eigenvalue weighted by atomic mass is 9.87. The molecule has 0 saturated heterocycles. The first kappa shape index (κ1) is 26.3. The molecular weight excluding hydrogens is 428 g/mol. The Kier molecular flexibility index (Phi) is 11.1. The van der Waals surface area contributed by atoms with Crippen LogP contribution in [0.5, 0.6) is 11.5 Å². The van der Waals surface area contributed by atoms with Crippen LogP contribution in [0.3, 0.4) is 0 Å². The van der Waals surface area contributed by atoms with E-state index in [0.717, 1.165) is 44.9 Å². The maximum Gasteiger partial charge on any atom is 0.247 e. The molecule has 1 aliphatic carbocycles. The van der Waals surface area contributed by atoms with Crippen LogP contribution in [0.15, 0.2) is 18.2 Å². The molecular formula is C25H39ClN2O4. The summed E-state index contributed by atoms with van der Waals surface area (Å²) < 4.78 is 11.3. The number of halogens is 1. The third kappa shape index (κ3) is 7.29. The first-order chi connectivity index (χ1) is 15.4. The van der Waals surface area contributed by atoms with Crippen molar-refractivity contribution in [2.24, 2.45) is 5.92 Å². The molecule has 1 aromatic rings. The largest absolute Gasteiger partial charge is 0.493 e. The highest BCUT2D eigenvalue weighted by Gasteiger charge is 2.33. The predicted molar refractivity (Wildman–Crippen MR) is 128 cm³/mol. The monoisotopic (exact) mass is 466 g/mol. The summed E-state index contributed by atoms with van der Waals surface area (Å²) in [6, 6.07) is 4.84. The predicted octanol–water partition coefficient (Wildman–Crippen LogP) is 5.09. The minimum Gasteiger partial charge on any atom is -0.493 e. The van der Waals surface area contributed by atoms with Crippen LogP contribution >= 0.6 is 11.6 Å². The van der Waals surface area contributed by atoms with Crippen LogP contribution in [0.2, 0.25) is 0 Å². The maximum absolute atomic E-state index is 13.6. The number of hydrogen-bond donors (Lipinski definition) is 1. The lowest BCUT2D eigenvalue weighted by molar-refractivity contribution is -0.139. The number of carbonyl (C=O) groups excluding carboxylic acids is 2. The standard InChI is InChI=1S/C25H39ClN2O4/c1-5-7-14-28(23(29)17-26)24(25(30)27-20-11-8-18(3)9-12-20)19-10-13-21(32-15-6-2)22(16-19)31-4/h10,13,16,18,20,24H,5-9,11-12,14-15,17H2,1-4H3,(H,27,30)/t18?,20?,24-/m0/s1. The zero-order valence-electron chi connectivity index (χ0n) is 20.0. The van der Waals surface area contributed by atoms with Crippen molar-refractivity contribution in [1.82, 2.24) is 10.2 Å². The zero-order chi connectivity index (χ0) is 23.5. The van der Waals surface area contributed by atoms with Gasteiger partial charge in [-0.25, -0.2) is 0 Å². The molecule has 180 valence electrons. The number of nitrogens with zero attached hydrogens (tertiary/aromatic N) is 1. The summed E-state index contributed by atoms with van der Waals surface area (Å²) in [4.78, 5) is 28.0. The molecule has 1 atom stereocenters. The molecule has 2 amide bonds. The van der Waals surface area contributed by atoms with Gasteiger partial charge < -0.3 is 19.7 Å². The molecule has 32 heavy (non-hydrogen) atoms. The van der Waals surface area contributed by atoms with Gasteiger partial charge in [0.1, 0.15) is 11.9 Å². The highest BCUT2D eigenvalue weighted by Crippen LogP contribution is 2.33. The Hall–Kier alpha value is -1.95. The van der Waals surface area contributed by atoms with E-state index in [9.17, 15) is 9.59 Å². The summed E-state index contributed by atoms with van der Waals surface area (Å²) in [5, 5.41) is 3.21. The lowest BCUT2D eigenvalue weighted by Gasteiger charge is -2.34. The summed E-state index contributed by atoms with van der Waals surface area (Å²) in [7, 11) is 1.58. The van der Waals surface area contributed by atoms with Gasteiger partial charge in [0.15, 0.2) is 11.5 Å². The van der Waals surface area contributed by atoms with Gasteiger partial charge in [0.2, 0.25) is 11.8 Å². The molecule has 7 heteroatoms. The van der Waals surface area contributed by atoms with Crippen molar-refractivity contribution in [3.63, 3.8) is 0 Å². The summed E-state index contributed by atoms with van der Waals surface area (Å²) in [6.45, 7) is 7.40. The molecule has 0 spiro atoms. The molecule has 1 saturated carbocycles. The van der Waals surface area contributed by atoms with Gasteiger partial charge in [0.25, 0.3) is 0 Å². The van der Waals surface area contributed by atoms with Crippen LogP contribution in [0.25, 0.3) is 0 Å². The van der Waals surface area contributed by atoms with E-state index in [0.29, 0.717) is 36.1 Å². The van der Waals surface area contributed by atoms with Gasteiger partial charge in [0.05, 0.1) is 13.7 Å². The zero-order valence-corrected chi connectivity index (χ0v) is 20.7. The van der Waals surface area contributed by atoms with E-state index in [1.807, 2.05) is 19.1 Å². The third-order valence-electron chi connectivity index (χ3n) is 6.07. The fourth-order valence-corrected chi connectivity index (χ4v) is 4.30. The van der Waals surface area contributed by atoms with E-state index in [2.05, 4.69) is 19.2 Å². The molecule has 0 aromatic heterocycles. The molecule has 1 aromatic carbocycles. The number of hydrogen-bond acceptors (Lipinski definition) is 4. The van der Waals surface area contributed by atoms with Crippen molar-refractivity contribution in [2.75, 3.05) is 26.1 Å². The van der Waals surface area contributed by atoms with Gasteiger partial charge in [-0.3, -0.25) is 9.59 Å². The van der Waals surface area contributed by atoms with Crippen LogP contribution in [0.1, 0.15) is 77.3 Å². The van der Waals surface area contributed by atoms with E-state index in [1.54, 1.807) is 18.1 Å². The van der Waals surface area contributed by atoms with Crippen molar-refractivity contribution < 1.29 is 19.1 Å². The average Bonchev–Trinajstić information content (AvgIpc) is 2.81. The molecule has 2 rings (SSSR count). The number of carbonyl (C=O) groups is 2. The molecule has 1 N–H and O–H groups in total. The lowest BCUT2D eigenvalue weighted by Crippen LogP contribution is -2.48. The quantitative estimate of drug-likeness (QED) is 0.436. The van der Waals surface area contributed by atoms with Crippen molar-refractivity contribution in [3.05, 3.63) is 23.8 Å². The Morgan fingerprint density at radius 2 is 1.88 bits per heavy atom. The van der Waals surface area contributed by atoms with E-state index < -0.39 is 6.04 Å². The minimum atomic E-state index is -0.763. The number of benzene rings is 1. The molecule has 0 bridgehead atoms. The summed E-state index contributed by atoms with van der Waals surface area (Å²) in [5.41, 5.74) is 0.696. The number of nitrogens with one attached hydrogen (secondary N) is 1.